The summed E-state index contributed by atoms with van der Waals surface area (Å²) in [6.07, 6.45) is 1.89. The van der Waals surface area contributed by atoms with Crippen LogP contribution in [0.2, 0.25) is 0 Å². The smallest absolute Gasteiger partial charge is 0.266 e. The van der Waals surface area contributed by atoms with Gasteiger partial charge in [0.15, 0.2) is 5.17 Å². The lowest BCUT2D eigenvalue weighted by Crippen LogP contribution is -2.35. The molecule has 0 bridgehead atoms. The summed E-state index contributed by atoms with van der Waals surface area (Å²) in [6.45, 7) is 11.9. The van der Waals surface area contributed by atoms with E-state index in [9.17, 15) is 9.18 Å². The number of aromatic nitrogens is 1. The quantitative estimate of drug-likeness (QED) is 0.652. The summed E-state index contributed by atoms with van der Waals surface area (Å²) in [6, 6.07) is 8.85. The Balaban J connectivity index is 2.04. The topological polar surface area (TPSA) is 37.6 Å². The molecule has 6 heteroatoms. The van der Waals surface area contributed by atoms with Crippen LogP contribution in [0.3, 0.4) is 0 Å². The predicted octanol–water partition coefficient (Wildman–Crippen LogP) is 5.32. The van der Waals surface area contributed by atoms with Crippen molar-refractivity contribution >= 4 is 28.9 Å². The molecule has 1 amide bonds. The summed E-state index contributed by atoms with van der Waals surface area (Å²) >= 11 is 1.41. The molecule has 1 aliphatic rings. The lowest BCUT2D eigenvalue weighted by Gasteiger charge is -2.20. The number of nitrogens with zero attached hydrogens (tertiary/aromatic N) is 3. The molecular weight excluding hydrogens is 373 g/mol. The largest absolute Gasteiger partial charge is 0.315 e. The lowest BCUT2D eigenvalue weighted by molar-refractivity contribution is -0.123. The van der Waals surface area contributed by atoms with Crippen molar-refractivity contribution < 1.29 is 9.18 Å². The minimum absolute atomic E-state index is 0.0323. The minimum atomic E-state index is -0.271. The third kappa shape index (κ3) is 3.78. The van der Waals surface area contributed by atoms with Crippen LogP contribution < -0.4 is 0 Å². The predicted molar refractivity (Wildman–Crippen MR) is 115 cm³/mol. The van der Waals surface area contributed by atoms with Gasteiger partial charge in [0.1, 0.15) is 5.82 Å². The van der Waals surface area contributed by atoms with Crippen molar-refractivity contribution in [2.45, 2.75) is 53.6 Å². The summed E-state index contributed by atoms with van der Waals surface area (Å²) in [5.41, 5.74) is 3.24. The van der Waals surface area contributed by atoms with E-state index in [0.29, 0.717) is 10.6 Å². The molecule has 1 fully saturated rings. The number of carbonyl (C=O) groups excluding carboxylic acids is 1. The lowest BCUT2D eigenvalue weighted by atomic mass is 10.2. The second-order valence-electron chi connectivity index (χ2n) is 7.50. The number of rotatable bonds is 4. The molecule has 0 aliphatic carbocycles. The van der Waals surface area contributed by atoms with E-state index >= 15 is 0 Å². The van der Waals surface area contributed by atoms with Crippen LogP contribution in [0.4, 0.5) is 4.39 Å². The second-order valence-corrected chi connectivity index (χ2v) is 8.51. The summed E-state index contributed by atoms with van der Waals surface area (Å²) in [5, 5.41) is 0.740. The average Bonchev–Trinajstić information content (AvgIpc) is 3.05. The number of amidine groups is 1. The Kier molecular flexibility index (Phi) is 5.79. The molecular formula is C22H26FN3OS. The van der Waals surface area contributed by atoms with Gasteiger partial charge in [0.05, 0.1) is 10.6 Å². The molecule has 4 nitrogen and oxygen atoms in total. The third-order valence-corrected chi connectivity index (χ3v) is 5.57. The van der Waals surface area contributed by atoms with Crippen LogP contribution in [-0.2, 0) is 4.79 Å². The van der Waals surface area contributed by atoms with E-state index in [1.54, 1.807) is 17.0 Å². The third-order valence-electron chi connectivity index (χ3n) is 4.57. The van der Waals surface area contributed by atoms with Crippen molar-refractivity contribution in [3.8, 4) is 5.69 Å². The molecule has 0 atom stereocenters. The van der Waals surface area contributed by atoms with Crippen molar-refractivity contribution in [1.29, 1.82) is 0 Å². The standard InChI is InChI=1S/C22H26FN3OS/c1-13(2)24-22-25(14(3)4)21(27)20(28-22)12-17-11-15(5)26(16(17)6)19-10-8-7-9-18(19)23/h7-14H,1-6H3/b20-12+,24-22?. The van der Waals surface area contributed by atoms with Gasteiger partial charge in [0, 0.05) is 23.5 Å². The zero-order chi connectivity index (χ0) is 20.6. The zero-order valence-corrected chi connectivity index (χ0v) is 18.0. The van der Waals surface area contributed by atoms with Gasteiger partial charge in [-0.25, -0.2) is 4.39 Å². The highest BCUT2D eigenvalue weighted by molar-refractivity contribution is 8.18. The van der Waals surface area contributed by atoms with Crippen molar-refractivity contribution in [1.82, 2.24) is 9.47 Å². The zero-order valence-electron chi connectivity index (χ0n) is 17.2. The number of carbonyl (C=O) groups is 1. The summed E-state index contributed by atoms with van der Waals surface area (Å²) in [5.74, 6) is -0.303. The Morgan fingerprint density at radius 2 is 1.82 bits per heavy atom. The number of halogens is 1. The first-order chi connectivity index (χ1) is 13.2. The van der Waals surface area contributed by atoms with Crippen molar-refractivity contribution in [2.75, 3.05) is 0 Å². The van der Waals surface area contributed by atoms with E-state index in [0.717, 1.165) is 22.1 Å². The van der Waals surface area contributed by atoms with E-state index < -0.39 is 0 Å². The van der Waals surface area contributed by atoms with Crippen LogP contribution in [0.1, 0.15) is 44.6 Å². The fraction of sp³-hybridized carbons (Fsp3) is 0.364. The van der Waals surface area contributed by atoms with Crippen LogP contribution >= 0.6 is 11.8 Å². The van der Waals surface area contributed by atoms with Crippen LogP contribution in [0.25, 0.3) is 11.8 Å². The normalized spacial score (nSPS) is 17.8. The second kappa shape index (κ2) is 7.95. The van der Waals surface area contributed by atoms with Crippen LogP contribution in [0.5, 0.6) is 0 Å². The molecule has 2 heterocycles. The first-order valence-corrected chi connectivity index (χ1v) is 10.3. The Hall–Kier alpha value is -2.34. The Morgan fingerprint density at radius 3 is 2.43 bits per heavy atom. The monoisotopic (exact) mass is 399 g/mol. The van der Waals surface area contributed by atoms with Gasteiger partial charge in [-0.15, -0.1) is 0 Å². The minimum Gasteiger partial charge on any atom is -0.315 e. The number of aryl methyl sites for hydroxylation is 1. The number of amides is 1. The highest BCUT2D eigenvalue weighted by Crippen LogP contribution is 2.35. The first kappa shape index (κ1) is 20.4. The Labute approximate surface area is 170 Å². The van der Waals surface area contributed by atoms with Crippen LogP contribution in [-0.4, -0.2) is 32.6 Å². The van der Waals surface area contributed by atoms with Crippen LogP contribution in [0.15, 0.2) is 40.2 Å². The fourth-order valence-electron chi connectivity index (χ4n) is 3.33. The molecule has 0 radical (unpaired) electrons. The summed E-state index contributed by atoms with van der Waals surface area (Å²) in [4.78, 5) is 20.0. The van der Waals surface area contributed by atoms with E-state index in [4.69, 9.17) is 0 Å². The molecule has 1 saturated heterocycles. The van der Waals surface area contributed by atoms with Crippen molar-refractivity contribution in [3.63, 3.8) is 0 Å². The SMILES string of the molecule is Cc1cc(/C=C2/SC(=NC(C)C)N(C(C)C)C2=O)c(C)n1-c1ccccc1F. The average molecular weight is 400 g/mol. The maximum Gasteiger partial charge on any atom is 0.266 e. The van der Waals surface area contributed by atoms with Crippen molar-refractivity contribution in [2.24, 2.45) is 4.99 Å². The molecule has 0 unspecified atom stereocenters. The molecule has 148 valence electrons. The van der Waals surface area contributed by atoms with E-state index in [2.05, 4.69) is 4.99 Å². The maximum atomic E-state index is 14.3. The number of aliphatic imine (C=N–C) groups is 1. The van der Waals surface area contributed by atoms with Gasteiger partial charge in [-0.2, -0.15) is 0 Å². The Morgan fingerprint density at radius 1 is 1.14 bits per heavy atom. The molecule has 0 N–H and O–H groups in total. The molecule has 1 aliphatic heterocycles. The summed E-state index contributed by atoms with van der Waals surface area (Å²) < 4.78 is 16.2. The van der Waals surface area contributed by atoms with Gasteiger partial charge < -0.3 is 4.57 Å². The fourth-order valence-corrected chi connectivity index (χ4v) is 4.56. The summed E-state index contributed by atoms with van der Waals surface area (Å²) in [7, 11) is 0. The highest BCUT2D eigenvalue weighted by Gasteiger charge is 2.35. The van der Waals surface area contributed by atoms with Crippen LogP contribution in [0, 0.1) is 19.7 Å². The van der Waals surface area contributed by atoms with Gasteiger partial charge in [-0.3, -0.25) is 14.7 Å². The van der Waals surface area contributed by atoms with Gasteiger partial charge >= 0.3 is 0 Å². The number of para-hydroxylation sites is 1. The first-order valence-electron chi connectivity index (χ1n) is 9.45. The highest BCUT2D eigenvalue weighted by atomic mass is 32.2. The van der Waals surface area contributed by atoms with Crippen molar-refractivity contribution in [3.05, 3.63) is 58.0 Å². The van der Waals surface area contributed by atoms with Gasteiger partial charge in [-0.05, 0) is 83.1 Å². The number of hydrogen-bond donors (Lipinski definition) is 0. The molecule has 1 aromatic carbocycles. The van der Waals surface area contributed by atoms with E-state index in [-0.39, 0.29) is 23.8 Å². The number of benzene rings is 1. The van der Waals surface area contributed by atoms with E-state index in [1.807, 2.05) is 64.3 Å². The Bertz CT molecular complexity index is 972. The molecule has 28 heavy (non-hydrogen) atoms. The number of hydrogen-bond acceptors (Lipinski definition) is 3. The van der Waals surface area contributed by atoms with Gasteiger partial charge in [-0.1, -0.05) is 12.1 Å². The number of thioether (sulfide) groups is 1. The molecule has 0 spiro atoms. The molecule has 1 aromatic heterocycles. The van der Waals surface area contributed by atoms with Gasteiger partial charge in [0.25, 0.3) is 5.91 Å². The maximum absolute atomic E-state index is 14.3. The van der Waals surface area contributed by atoms with E-state index in [1.165, 1.54) is 17.8 Å². The molecule has 2 aromatic rings. The van der Waals surface area contributed by atoms with Gasteiger partial charge in [0.2, 0.25) is 0 Å². The molecule has 3 rings (SSSR count). The molecule has 0 saturated carbocycles.